The first kappa shape index (κ1) is 15.9. The number of hydrogen-bond donors (Lipinski definition) is 2. The first-order chi connectivity index (χ1) is 11.6. The largest absolute Gasteiger partial charge is 0.477 e. The van der Waals surface area contributed by atoms with Crippen molar-refractivity contribution in [2.75, 3.05) is 0 Å². The fraction of sp³-hybridized carbons (Fsp3) is 0.250. The summed E-state index contributed by atoms with van der Waals surface area (Å²) < 4.78 is 1.97. The molecule has 0 bridgehead atoms. The summed E-state index contributed by atoms with van der Waals surface area (Å²) in [6.07, 6.45) is 8.78. The van der Waals surface area contributed by atoms with E-state index < -0.39 is 5.97 Å². The van der Waals surface area contributed by atoms with E-state index in [1.807, 2.05) is 17.8 Å². The van der Waals surface area contributed by atoms with E-state index >= 15 is 0 Å². The fourth-order valence-electron chi connectivity index (χ4n) is 2.42. The smallest absolute Gasteiger partial charge is 0.354 e. The molecule has 124 valence electrons. The number of aryl methyl sites for hydroxylation is 1. The summed E-state index contributed by atoms with van der Waals surface area (Å²) in [7, 11) is 1.95. The topological polar surface area (TPSA) is 99.9 Å². The van der Waals surface area contributed by atoms with Crippen LogP contribution in [0.4, 0.5) is 0 Å². The van der Waals surface area contributed by atoms with Crippen LogP contribution >= 0.6 is 0 Å². The molecule has 3 aromatic heterocycles. The molecule has 24 heavy (non-hydrogen) atoms. The van der Waals surface area contributed by atoms with Crippen LogP contribution in [0.2, 0.25) is 0 Å². The fourth-order valence-corrected chi connectivity index (χ4v) is 2.42. The van der Waals surface area contributed by atoms with Crippen LogP contribution < -0.4 is 0 Å². The maximum Gasteiger partial charge on any atom is 0.354 e. The molecule has 0 spiro atoms. The van der Waals surface area contributed by atoms with Crippen LogP contribution in [-0.2, 0) is 26.7 Å². The molecular formula is C16H18N6O2. The average Bonchev–Trinajstić information content (AvgIpc) is 3.20. The monoisotopic (exact) mass is 326 g/mol. The van der Waals surface area contributed by atoms with Gasteiger partial charge >= 0.3 is 5.97 Å². The number of carbonyl (C=O) groups is 1. The number of aromatic nitrogens is 5. The van der Waals surface area contributed by atoms with E-state index in [4.69, 9.17) is 5.11 Å². The van der Waals surface area contributed by atoms with E-state index in [2.05, 4.69) is 24.8 Å². The van der Waals surface area contributed by atoms with E-state index in [1.165, 1.54) is 6.07 Å². The predicted molar refractivity (Wildman–Crippen MR) is 85.9 cm³/mol. The van der Waals surface area contributed by atoms with Gasteiger partial charge in [0.2, 0.25) is 0 Å². The molecule has 0 saturated carbocycles. The number of aromatic carboxylic acids is 1. The average molecular weight is 326 g/mol. The van der Waals surface area contributed by atoms with Crippen LogP contribution in [0.15, 0.2) is 43.1 Å². The summed E-state index contributed by atoms with van der Waals surface area (Å²) in [4.78, 5) is 28.8. The molecule has 2 N–H and O–H groups in total. The Morgan fingerprint density at radius 3 is 2.67 bits per heavy atom. The molecule has 0 aliphatic carbocycles. The Morgan fingerprint density at radius 2 is 2.08 bits per heavy atom. The second-order valence-corrected chi connectivity index (χ2v) is 5.49. The number of hydrogen-bond acceptors (Lipinski definition) is 5. The molecule has 8 heteroatoms. The zero-order valence-electron chi connectivity index (χ0n) is 13.3. The number of pyridine rings is 1. The molecule has 0 aromatic carbocycles. The Kier molecular flexibility index (Phi) is 4.66. The Hall–Kier alpha value is -3.00. The van der Waals surface area contributed by atoms with E-state index in [0.717, 1.165) is 17.2 Å². The number of carboxylic acid groups (broad SMARTS) is 1. The maximum atomic E-state index is 10.9. The third-order valence-corrected chi connectivity index (χ3v) is 3.66. The number of aromatic amines is 1. The van der Waals surface area contributed by atoms with Gasteiger partial charge in [-0.25, -0.2) is 19.7 Å². The minimum atomic E-state index is -1.03. The maximum absolute atomic E-state index is 10.9. The van der Waals surface area contributed by atoms with Crippen molar-refractivity contribution in [3.05, 3.63) is 66.0 Å². The van der Waals surface area contributed by atoms with Gasteiger partial charge in [-0.05, 0) is 11.6 Å². The lowest BCUT2D eigenvalue weighted by Gasteiger charge is -2.21. The first-order valence-electron chi connectivity index (χ1n) is 7.47. The SMILES string of the molecule is Cn1ccnc1CN(Cc1ccc(C(=O)O)nc1)Cc1ncc[nH]1. The summed E-state index contributed by atoms with van der Waals surface area (Å²) >= 11 is 0. The van der Waals surface area contributed by atoms with Crippen LogP contribution in [0.25, 0.3) is 0 Å². The molecule has 3 aromatic rings. The molecule has 0 fully saturated rings. The summed E-state index contributed by atoms with van der Waals surface area (Å²) in [5.41, 5.74) is 0.973. The van der Waals surface area contributed by atoms with E-state index in [1.54, 1.807) is 30.9 Å². The first-order valence-corrected chi connectivity index (χ1v) is 7.47. The van der Waals surface area contributed by atoms with Crippen LogP contribution in [0, 0.1) is 0 Å². The van der Waals surface area contributed by atoms with Gasteiger partial charge in [0.05, 0.1) is 13.1 Å². The number of carboxylic acids is 1. The summed E-state index contributed by atoms with van der Waals surface area (Å²) in [6, 6.07) is 3.30. The number of H-pyrrole nitrogens is 1. The van der Waals surface area contributed by atoms with Gasteiger partial charge in [-0.15, -0.1) is 0 Å². The van der Waals surface area contributed by atoms with E-state index in [-0.39, 0.29) is 5.69 Å². The minimum Gasteiger partial charge on any atom is -0.477 e. The lowest BCUT2D eigenvalue weighted by molar-refractivity contribution is 0.0690. The van der Waals surface area contributed by atoms with Gasteiger partial charge in [-0.3, -0.25) is 4.90 Å². The molecule has 0 saturated heterocycles. The van der Waals surface area contributed by atoms with Gasteiger partial charge in [-0.2, -0.15) is 0 Å². The Morgan fingerprint density at radius 1 is 1.21 bits per heavy atom. The van der Waals surface area contributed by atoms with Gasteiger partial charge in [0.25, 0.3) is 0 Å². The van der Waals surface area contributed by atoms with Gasteiger partial charge in [0.15, 0.2) is 0 Å². The van der Waals surface area contributed by atoms with Crippen molar-refractivity contribution < 1.29 is 9.90 Å². The lowest BCUT2D eigenvalue weighted by Crippen LogP contribution is -2.24. The van der Waals surface area contributed by atoms with Gasteiger partial charge in [-0.1, -0.05) is 6.07 Å². The molecule has 0 aliphatic heterocycles. The van der Waals surface area contributed by atoms with Crippen molar-refractivity contribution in [2.45, 2.75) is 19.6 Å². The second kappa shape index (κ2) is 7.05. The van der Waals surface area contributed by atoms with E-state index in [0.29, 0.717) is 19.6 Å². The van der Waals surface area contributed by atoms with Crippen LogP contribution in [-0.4, -0.2) is 40.5 Å². The minimum absolute atomic E-state index is 0.0421. The summed E-state index contributed by atoms with van der Waals surface area (Å²) in [6.45, 7) is 1.88. The van der Waals surface area contributed by atoms with Gasteiger partial charge in [0, 0.05) is 44.6 Å². The van der Waals surface area contributed by atoms with Crippen molar-refractivity contribution in [3.63, 3.8) is 0 Å². The van der Waals surface area contributed by atoms with E-state index in [9.17, 15) is 4.79 Å². The molecular weight excluding hydrogens is 308 g/mol. The Bertz CT molecular complexity index is 794. The van der Waals surface area contributed by atoms with Crippen molar-refractivity contribution in [1.82, 2.24) is 29.4 Å². The third kappa shape index (κ3) is 3.85. The molecule has 0 radical (unpaired) electrons. The number of nitrogens with zero attached hydrogens (tertiary/aromatic N) is 5. The van der Waals surface area contributed by atoms with Crippen molar-refractivity contribution in [2.24, 2.45) is 7.05 Å². The van der Waals surface area contributed by atoms with Gasteiger partial charge < -0.3 is 14.7 Å². The predicted octanol–water partition coefficient (Wildman–Crippen LogP) is 1.44. The number of rotatable bonds is 7. The van der Waals surface area contributed by atoms with Crippen molar-refractivity contribution in [3.8, 4) is 0 Å². The normalized spacial score (nSPS) is 11.1. The lowest BCUT2D eigenvalue weighted by atomic mass is 10.2. The molecule has 3 rings (SSSR count). The molecule has 0 aliphatic rings. The quantitative estimate of drug-likeness (QED) is 0.681. The highest BCUT2D eigenvalue weighted by molar-refractivity contribution is 5.85. The summed E-state index contributed by atoms with van der Waals surface area (Å²) in [5.74, 6) is 0.776. The zero-order chi connectivity index (χ0) is 16.9. The van der Waals surface area contributed by atoms with Gasteiger partial charge in [0.1, 0.15) is 17.3 Å². The highest BCUT2D eigenvalue weighted by Crippen LogP contribution is 2.11. The zero-order valence-corrected chi connectivity index (χ0v) is 13.3. The molecule has 3 heterocycles. The van der Waals surface area contributed by atoms with Crippen LogP contribution in [0.5, 0.6) is 0 Å². The summed E-state index contributed by atoms with van der Waals surface area (Å²) in [5, 5.41) is 8.93. The molecule has 0 unspecified atom stereocenters. The number of imidazole rings is 2. The second-order valence-electron chi connectivity index (χ2n) is 5.49. The Labute approximate surface area is 138 Å². The van der Waals surface area contributed by atoms with Crippen LogP contribution in [0.1, 0.15) is 27.7 Å². The standard InChI is InChI=1S/C16H18N6O2/c1-21-7-6-19-15(21)11-22(10-14-17-4-5-18-14)9-12-2-3-13(16(23)24)20-8-12/h2-8H,9-11H2,1H3,(H,17,18)(H,23,24). The molecule has 8 nitrogen and oxygen atoms in total. The highest BCUT2D eigenvalue weighted by Gasteiger charge is 2.13. The Balaban J connectivity index is 1.75. The van der Waals surface area contributed by atoms with Crippen molar-refractivity contribution in [1.29, 1.82) is 0 Å². The highest BCUT2D eigenvalue weighted by atomic mass is 16.4. The van der Waals surface area contributed by atoms with Crippen LogP contribution in [0.3, 0.4) is 0 Å². The molecule has 0 atom stereocenters. The molecule has 0 amide bonds. The number of nitrogens with one attached hydrogen (secondary N) is 1. The van der Waals surface area contributed by atoms with Crippen molar-refractivity contribution >= 4 is 5.97 Å². The third-order valence-electron chi connectivity index (χ3n) is 3.66.